The van der Waals surface area contributed by atoms with Gasteiger partial charge in [-0.15, -0.1) is 0 Å². The Morgan fingerprint density at radius 2 is 2.00 bits per heavy atom. The first kappa shape index (κ1) is 15.0. The molecule has 1 saturated carbocycles. The van der Waals surface area contributed by atoms with Crippen LogP contribution in [0.3, 0.4) is 0 Å². The molecule has 1 aliphatic rings. The average Bonchev–Trinajstić information content (AvgIpc) is 2.36. The Kier molecular flexibility index (Phi) is 5.16. The first-order valence-electron chi connectivity index (χ1n) is 7.85. The molecule has 3 heteroatoms. The molecule has 20 heavy (non-hydrogen) atoms. The number of benzene rings is 1. The summed E-state index contributed by atoms with van der Waals surface area (Å²) in [5.41, 5.74) is 7.77. The fraction of sp³-hybridized carbons (Fsp3) is 0.647. The number of hydrogen-bond donors (Lipinski definition) is 2. The number of rotatable bonds is 5. The minimum atomic E-state index is 0.169. The molecule has 0 radical (unpaired) electrons. The lowest BCUT2D eigenvalue weighted by Gasteiger charge is -2.29. The van der Waals surface area contributed by atoms with Gasteiger partial charge < -0.3 is 15.8 Å². The van der Waals surface area contributed by atoms with Gasteiger partial charge in [0.25, 0.3) is 0 Å². The van der Waals surface area contributed by atoms with Crippen molar-refractivity contribution in [3.05, 3.63) is 18.2 Å². The lowest BCUT2D eigenvalue weighted by molar-refractivity contribution is 0.242. The SMILES string of the molecule is CC(C)Oc1cc(N)cc(NCC2CCCCC2C)c1. The summed E-state index contributed by atoms with van der Waals surface area (Å²) in [6.45, 7) is 7.46. The van der Waals surface area contributed by atoms with Crippen molar-refractivity contribution in [1.29, 1.82) is 0 Å². The molecule has 1 aliphatic carbocycles. The van der Waals surface area contributed by atoms with Gasteiger partial charge in [-0.25, -0.2) is 0 Å². The summed E-state index contributed by atoms with van der Waals surface area (Å²) in [6.07, 6.45) is 5.64. The van der Waals surface area contributed by atoms with E-state index in [4.69, 9.17) is 10.5 Å². The molecule has 112 valence electrons. The van der Waals surface area contributed by atoms with Crippen LogP contribution in [0.2, 0.25) is 0 Å². The molecule has 0 spiro atoms. The maximum atomic E-state index is 5.95. The van der Waals surface area contributed by atoms with Gasteiger partial charge in [-0.3, -0.25) is 0 Å². The second-order valence-electron chi connectivity index (χ2n) is 6.36. The van der Waals surface area contributed by atoms with Crippen LogP contribution in [0.4, 0.5) is 11.4 Å². The van der Waals surface area contributed by atoms with Crippen LogP contribution in [-0.2, 0) is 0 Å². The highest BCUT2D eigenvalue weighted by Gasteiger charge is 2.20. The van der Waals surface area contributed by atoms with Crippen LogP contribution in [0, 0.1) is 11.8 Å². The van der Waals surface area contributed by atoms with Gasteiger partial charge in [0.05, 0.1) is 6.10 Å². The van der Waals surface area contributed by atoms with Gasteiger partial charge >= 0.3 is 0 Å². The number of ether oxygens (including phenoxy) is 1. The molecule has 0 saturated heterocycles. The Labute approximate surface area is 122 Å². The van der Waals surface area contributed by atoms with Gasteiger partial charge in [-0.05, 0) is 38.2 Å². The van der Waals surface area contributed by atoms with Gasteiger partial charge in [-0.1, -0.05) is 26.2 Å². The lowest BCUT2D eigenvalue weighted by Crippen LogP contribution is -2.24. The summed E-state index contributed by atoms with van der Waals surface area (Å²) in [4.78, 5) is 0. The van der Waals surface area contributed by atoms with E-state index >= 15 is 0 Å². The number of anilines is 2. The normalized spacial score (nSPS) is 22.8. The van der Waals surface area contributed by atoms with Crippen LogP contribution >= 0.6 is 0 Å². The first-order chi connectivity index (χ1) is 9.54. The second-order valence-corrected chi connectivity index (χ2v) is 6.36. The topological polar surface area (TPSA) is 47.3 Å². The third-order valence-electron chi connectivity index (χ3n) is 4.16. The highest BCUT2D eigenvalue weighted by Crippen LogP contribution is 2.30. The maximum absolute atomic E-state index is 5.95. The molecule has 0 bridgehead atoms. The molecular formula is C17H28N2O. The molecule has 2 atom stereocenters. The monoisotopic (exact) mass is 276 g/mol. The zero-order valence-corrected chi connectivity index (χ0v) is 13.0. The molecule has 1 fully saturated rings. The van der Waals surface area contributed by atoms with Crippen molar-refractivity contribution in [2.45, 2.75) is 52.6 Å². The lowest BCUT2D eigenvalue weighted by atomic mass is 9.80. The fourth-order valence-electron chi connectivity index (χ4n) is 3.01. The summed E-state index contributed by atoms with van der Waals surface area (Å²) in [5, 5.41) is 3.54. The Bertz CT molecular complexity index is 431. The van der Waals surface area contributed by atoms with Crippen molar-refractivity contribution in [2.75, 3.05) is 17.6 Å². The Hall–Kier alpha value is -1.38. The van der Waals surface area contributed by atoms with E-state index in [-0.39, 0.29) is 6.10 Å². The van der Waals surface area contributed by atoms with Crippen molar-refractivity contribution in [1.82, 2.24) is 0 Å². The minimum Gasteiger partial charge on any atom is -0.491 e. The standard InChI is InChI=1S/C17H28N2O/c1-12(2)20-17-9-15(18)8-16(10-17)19-11-14-7-5-4-6-13(14)3/h8-10,12-14,19H,4-7,11,18H2,1-3H3. The van der Waals surface area contributed by atoms with Crippen LogP contribution < -0.4 is 15.8 Å². The predicted molar refractivity (Wildman–Crippen MR) is 86.2 cm³/mol. The third kappa shape index (κ3) is 4.32. The van der Waals surface area contributed by atoms with Crippen molar-refractivity contribution < 1.29 is 4.74 Å². The van der Waals surface area contributed by atoms with Crippen molar-refractivity contribution in [3.8, 4) is 5.75 Å². The van der Waals surface area contributed by atoms with Crippen molar-refractivity contribution >= 4 is 11.4 Å². The zero-order chi connectivity index (χ0) is 14.5. The fourth-order valence-corrected chi connectivity index (χ4v) is 3.01. The molecule has 1 aromatic carbocycles. The molecule has 0 heterocycles. The van der Waals surface area contributed by atoms with Crippen molar-refractivity contribution in [2.24, 2.45) is 11.8 Å². The van der Waals surface area contributed by atoms with E-state index in [9.17, 15) is 0 Å². The van der Waals surface area contributed by atoms with Crippen LogP contribution in [0.1, 0.15) is 46.5 Å². The third-order valence-corrected chi connectivity index (χ3v) is 4.16. The summed E-state index contributed by atoms with van der Waals surface area (Å²) in [5.74, 6) is 2.45. The van der Waals surface area contributed by atoms with Crippen LogP contribution in [0.25, 0.3) is 0 Å². The van der Waals surface area contributed by atoms with E-state index < -0.39 is 0 Å². The van der Waals surface area contributed by atoms with Gasteiger partial charge in [-0.2, -0.15) is 0 Å². The Balaban J connectivity index is 1.96. The molecule has 0 aromatic heterocycles. The summed E-state index contributed by atoms with van der Waals surface area (Å²) < 4.78 is 5.73. The zero-order valence-electron chi connectivity index (χ0n) is 13.0. The molecule has 3 nitrogen and oxygen atoms in total. The Morgan fingerprint density at radius 3 is 2.70 bits per heavy atom. The largest absolute Gasteiger partial charge is 0.491 e. The summed E-state index contributed by atoms with van der Waals surface area (Å²) in [7, 11) is 0. The summed E-state index contributed by atoms with van der Waals surface area (Å²) in [6, 6.07) is 5.92. The van der Waals surface area contributed by atoms with Crippen molar-refractivity contribution in [3.63, 3.8) is 0 Å². The Morgan fingerprint density at radius 1 is 1.25 bits per heavy atom. The van der Waals surface area contributed by atoms with Gasteiger partial charge in [0.2, 0.25) is 0 Å². The van der Waals surface area contributed by atoms with E-state index in [1.54, 1.807) is 0 Å². The number of nitrogens with two attached hydrogens (primary N) is 1. The molecule has 3 N–H and O–H groups in total. The van der Waals surface area contributed by atoms with Gasteiger partial charge in [0.1, 0.15) is 5.75 Å². The molecule has 2 rings (SSSR count). The molecule has 2 unspecified atom stereocenters. The number of nitrogens with one attached hydrogen (secondary N) is 1. The molecule has 0 aliphatic heterocycles. The van der Waals surface area contributed by atoms with E-state index in [1.165, 1.54) is 25.7 Å². The highest BCUT2D eigenvalue weighted by atomic mass is 16.5. The highest BCUT2D eigenvalue weighted by molar-refractivity contribution is 5.59. The van der Waals surface area contributed by atoms with E-state index in [0.29, 0.717) is 0 Å². The first-order valence-corrected chi connectivity index (χ1v) is 7.85. The van der Waals surface area contributed by atoms with Crippen LogP contribution in [0.15, 0.2) is 18.2 Å². The average molecular weight is 276 g/mol. The van der Waals surface area contributed by atoms with Gasteiger partial charge in [0, 0.05) is 30.1 Å². The number of hydrogen-bond acceptors (Lipinski definition) is 3. The molecule has 0 amide bonds. The van der Waals surface area contributed by atoms with E-state index in [0.717, 1.165) is 35.5 Å². The maximum Gasteiger partial charge on any atom is 0.123 e. The predicted octanol–water partition coefficient (Wildman–Crippen LogP) is 4.29. The van der Waals surface area contributed by atoms with E-state index in [2.05, 4.69) is 12.2 Å². The molecular weight excluding hydrogens is 248 g/mol. The smallest absolute Gasteiger partial charge is 0.123 e. The minimum absolute atomic E-state index is 0.169. The van der Waals surface area contributed by atoms with Gasteiger partial charge in [0.15, 0.2) is 0 Å². The quantitative estimate of drug-likeness (QED) is 0.788. The van der Waals surface area contributed by atoms with Crippen LogP contribution in [-0.4, -0.2) is 12.6 Å². The second kappa shape index (κ2) is 6.87. The van der Waals surface area contributed by atoms with E-state index in [1.807, 2.05) is 32.0 Å². The van der Waals surface area contributed by atoms with Crippen LogP contribution in [0.5, 0.6) is 5.75 Å². The molecule has 1 aromatic rings. The summed E-state index contributed by atoms with van der Waals surface area (Å²) >= 11 is 0. The number of nitrogen functional groups attached to an aromatic ring is 1.